The van der Waals surface area contributed by atoms with Crippen LogP contribution in [0.15, 0.2) is 36.5 Å². The monoisotopic (exact) mass is 176 g/mol. The van der Waals surface area contributed by atoms with Gasteiger partial charge in [-0.2, -0.15) is 0 Å². The van der Waals surface area contributed by atoms with Crippen LogP contribution in [-0.4, -0.2) is 20.3 Å². The zero-order valence-corrected chi connectivity index (χ0v) is 6.75. The van der Waals surface area contributed by atoms with E-state index in [-0.39, 0.29) is 5.75 Å². The van der Waals surface area contributed by atoms with Gasteiger partial charge in [-0.1, -0.05) is 30.3 Å². The average molecular weight is 176 g/mol. The first-order chi connectivity index (χ1) is 6.27. The SMILES string of the molecule is Oc1cn(O)nc1-c1ccccc1. The predicted molar refractivity (Wildman–Crippen MR) is 46.5 cm³/mol. The van der Waals surface area contributed by atoms with Crippen LogP contribution in [0.25, 0.3) is 11.3 Å². The second-order valence-electron chi connectivity index (χ2n) is 2.65. The molecule has 1 heterocycles. The molecule has 4 heteroatoms. The van der Waals surface area contributed by atoms with Crippen LogP contribution in [0.1, 0.15) is 0 Å². The highest BCUT2D eigenvalue weighted by Gasteiger charge is 2.08. The lowest BCUT2D eigenvalue weighted by atomic mass is 10.1. The van der Waals surface area contributed by atoms with E-state index in [2.05, 4.69) is 5.10 Å². The minimum absolute atomic E-state index is 0.0336. The summed E-state index contributed by atoms with van der Waals surface area (Å²) in [5, 5.41) is 22.0. The van der Waals surface area contributed by atoms with Gasteiger partial charge in [-0.3, -0.25) is 0 Å². The molecule has 2 N–H and O–H groups in total. The molecule has 2 rings (SSSR count). The number of hydrogen-bond acceptors (Lipinski definition) is 3. The minimum Gasteiger partial charge on any atom is -0.504 e. The van der Waals surface area contributed by atoms with Crippen LogP contribution in [0.5, 0.6) is 5.75 Å². The molecule has 0 fully saturated rings. The molecule has 2 aromatic rings. The summed E-state index contributed by atoms with van der Waals surface area (Å²) in [4.78, 5) is 0.595. The summed E-state index contributed by atoms with van der Waals surface area (Å²) >= 11 is 0. The van der Waals surface area contributed by atoms with E-state index in [9.17, 15) is 5.11 Å². The molecule has 13 heavy (non-hydrogen) atoms. The van der Waals surface area contributed by atoms with Crippen LogP contribution in [0.3, 0.4) is 0 Å². The fourth-order valence-electron chi connectivity index (χ4n) is 1.15. The molecule has 0 atom stereocenters. The maximum absolute atomic E-state index is 9.34. The molecular formula is C9H8N2O2. The first kappa shape index (κ1) is 7.67. The Labute approximate surface area is 74.6 Å². The Balaban J connectivity index is 2.53. The van der Waals surface area contributed by atoms with E-state index in [4.69, 9.17) is 5.21 Å². The van der Waals surface area contributed by atoms with Crippen molar-refractivity contribution in [2.45, 2.75) is 0 Å². The molecule has 66 valence electrons. The van der Waals surface area contributed by atoms with Gasteiger partial charge in [0.25, 0.3) is 0 Å². The molecule has 0 unspecified atom stereocenters. The highest BCUT2D eigenvalue weighted by atomic mass is 16.5. The Morgan fingerprint density at radius 3 is 2.38 bits per heavy atom. The van der Waals surface area contributed by atoms with Crippen LogP contribution in [0.2, 0.25) is 0 Å². The lowest BCUT2D eigenvalue weighted by Gasteiger charge is -1.94. The van der Waals surface area contributed by atoms with E-state index in [1.54, 1.807) is 0 Å². The van der Waals surface area contributed by atoms with Gasteiger partial charge in [0.05, 0.1) is 0 Å². The third kappa shape index (κ3) is 1.33. The van der Waals surface area contributed by atoms with E-state index < -0.39 is 0 Å². The van der Waals surface area contributed by atoms with Gasteiger partial charge in [-0.05, 0) is 0 Å². The van der Waals surface area contributed by atoms with Gasteiger partial charge in [-0.25, -0.2) is 0 Å². The Kier molecular flexibility index (Phi) is 1.66. The molecule has 0 bridgehead atoms. The second kappa shape index (κ2) is 2.82. The molecule has 0 saturated heterocycles. The first-order valence-electron chi connectivity index (χ1n) is 3.80. The third-order valence-electron chi connectivity index (χ3n) is 1.73. The van der Waals surface area contributed by atoms with Crippen molar-refractivity contribution in [2.24, 2.45) is 0 Å². The fraction of sp³-hybridized carbons (Fsp3) is 0. The van der Waals surface area contributed by atoms with Gasteiger partial charge in [0.2, 0.25) is 0 Å². The quantitative estimate of drug-likeness (QED) is 0.647. The van der Waals surface area contributed by atoms with E-state index in [1.165, 1.54) is 0 Å². The molecular weight excluding hydrogens is 168 g/mol. The maximum atomic E-state index is 9.34. The zero-order chi connectivity index (χ0) is 9.26. The summed E-state index contributed by atoms with van der Waals surface area (Å²) in [5.74, 6) is -0.0336. The third-order valence-corrected chi connectivity index (χ3v) is 1.73. The molecule has 4 nitrogen and oxygen atoms in total. The van der Waals surface area contributed by atoms with Gasteiger partial charge in [0.1, 0.15) is 11.9 Å². The highest BCUT2D eigenvalue weighted by molar-refractivity contribution is 5.64. The van der Waals surface area contributed by atoms with Crippen LogP contribution in [0, 0.1) is 0 Å². The molecule has 1 aromatic carbocycles. The second-order valence-corrected chi connectivity index (χ2v) is 2.65. The van der Waals surface area contributed by atoms with Gasteiger partial charge in [-0.15, -0.1) is 9.94 Å². The standard InChI is InChI=1S/C9H8N2O2/c12-8-6-11(13)10-9(8)7-4-2-1-3-5-7/h1-6,12-13H. The Morgan fingerprint density at radius 1 is 1.15 bits per heavy atom. The summed E-state index contributed by atoms with van der Waals surface area (Å²) in [6.07, 6.45) is 1.14. The van der Waals surface area contributed by atoms with Crippen molar-refractivity contribution in [1.82, 2.24) is 9.94 Å². The van der Waals surface area contributed by atoms with Crippen molar-refractivity contribution < 1.29 is 10.3 Å². The van der Waals surface area contributed by atoms with Crippen molar-refractivity contribution in [2.75, 3.05) is 0 Å². The van der Waals surface area contributed by atoms with Gasteiger partial charge >= 0.3 is 0 Å². The van der Waals surface area contributed by atoms with E-state index in [0.29, 0.717) is 10.5 Å². The molecule has 1 aromatic heterocycles. The molecule has 0 spiro atoms. The van der Waals surface area contributed by atoms with Crippen molar-refractivity contribution in [1.29, 1.82) is 0 Å². The highest BCUT2D eigenvalue weighted by Crippen LogP contribution is 2.25. The van der Waals surface area contributed by atoms with Gasteiger partial charge in [0, 0.05) is 5.56 Å². The Bertz CT molecular complexity index is 409. The van der Waals surface area contributed by atoms with E-state index in [0.717, 1.165) is 11.8 Å². The molecule has 0 radical (unpaired) electrons. The summed E-state index contributed by atoms with van der Waals surface area (Å²) in [7, 11) is 0. The molecule has 0 aliphatic carbocycles. The number of aromatic hydroxyl groups is 1. The summed E-state index contributed by atoms with van der Waals surface area (Å²) in [6.45, 7) is 0. The zero-order valence-electron chi connectivity index (χ0n) is 6.75. The molecule has 0 saturated carbocycles. The van der Waals surface area contributed by atoms with Gasteiger partial charge in [0.15, 0.2) is 5.75 Å². The number of benzene rings is 1. The summed E-state index contributed by atoms with van der Waals surface area (Å²) in [5.41, 5.74) is 1.15. The van der Waals surface area contributed by atoms with Crippen LogP contribution < -0.4 is 0 Å². The minimum atomic E-state index is -0.0336. The van der Waals surface area contributed by atoms with Crippen molar-refractivity contribution in [3.05, 3.63) is 36.5 Å². The van der Waals surface area contributed by atoms with Crippen LogP contribution in [-0.2, 0) is 0 Å². The number of nitrogens with zero attached hydrogens (tertiary/aromatic N) is 2. The molecule has 0 aliphatic heterocycles. The number of rotatable bonds is 1. The molecule has 0 aliphatic rings. The van der Waals surface area contributed by atoms with E-state index in [1.807, 2.05) is 30.3 Å². The average Bonchev–Trinajstić information content (AvgIpc) is 2.47. The first-order valence-corrected chi connectivity index (χ1v) is 3.80. The lowest BCUT2D eigenvalue weighted by Crippen LogP contribution is -1.89. The Hall–Kier alpha value is -1.97. The lowest BCUT2D eigenvalue weighted by molar-refractivity contribution is 0.148. The maximum Gasteiger partial charge on any atom is 0.165 e. The Morgan fingerprint density at radius 2 is 1.85 bits per heavy atom. The van der Waals surface area contributed by atoms with Crippen molar-refractivity contribution in [3.8, 4) is 17.0 Å². The predicted octanol–water partition coefficient (Wildman–Crippen LogP) is 1.49. The summed E-state index contributed by atoms with van der Waals surface area (Å²) in [6, 6.07) is 9.16. The topological polar surface area (TPSA) is 58.3 Å². The normalized spacial score (nSPS) is 10.2. The molecule has 0 amide bonds. The largest absolute Gasteiger partial charge is 0.504 e. The summed E-state index contributed by atoms with van der Waals surface area (Å²) < 4.78 is 0. The fourth-order valence-corrected chi connectivity index (χ4v) is 1.15. The number of hydrogen-bond donors (Lipinski definition) is 2. The number of aromatic nitrogens is 2. The smallest absolute Gasteiger partial charge is 0.165 e. The van der Waals surface area contributed by atoms with Crippen LogP contribution >= 0.6 is 0 Å². The van der Waals surface area contributed by atoms with Gasteiger partial charge < -0.3 is 10.3 Å². The van der Waals surface area contributed by atoms with Crippen molar-refractivity contribution >= 4 is 0 Å². The van der Waals surface area contributed by atoms with Crippen molar-refractivity contribution in [3.63, 3.8) is 0 Å². The van der Waals surface area contributed by atoms with E-state index >= 15 is 0 Å². The van der Waals surface area contributed by atoms with Crippen LogP contribution in [0.4, 0.5) is 0 Å².